The molecular weight excluding hydrogens is 288 g/mol. The van der Waals surface area contributed by atoms with Crippen LogP contribution in [0.4, 0.5) is 13.9 Å². The molecule has 8 heteroatoms. The SMILES string of the molecule is CC(=NO)c1csc(NC(=O)c2cc(F)cc(F)c2)n1. The molecular formula is C12H9F2N3O2S. The Balaban J connectivity index is 2.17. The number of hydrogen-bond donors (Lipinski definition) is 2. The van der Waals surface area contributed by atoms with Crippen LogP contribution >= 0.6 is 11.3 Å². The number of hydrogen-bond acceptors (Lipinski definition) is 5. The van der Waals surface area contributed by atoms with Crippen LogP contribution in [0.3, 0.4) is 0 Å². The van der Waals surface area contributed by atoms with Crippen LogP contribution in [0.1, 0.15) is 23.0 Å². The van der Waals surface area contributed by atoms with E-state index in [9.17, 15) is 13.6 Å². The van der Waals surface area contributed by atoms with Gasteiger partial charge < -0.3 is 5.21 Å². The van der Waals surface area contributed by atoms with Gasteiger partial charge in [-0.2, -0.15) is 0 Å². The molecule has 0 spiro atoms. The summed E-state index contributed by atoms with van der Waals surface area (Å²) in [6, 6.07) is 2.53. The van der Waals surface area contributed by atoms with Gasteiger partial charge in [-0.15, -0.1) is 11.3 Å². The molecule has 0 atom stereocenters. The number of rotatable bonds is 3. The highest BCUT2D eigenvalue weighted by Crippen LogP contribution is 2.17. The lowest BCUT2D eigenvalue weighted by molar-refractivity contribution is 0.102. The molecule has 2 aromatic rings. The van der Waals surface area contributed by atoms with Crippen molar-refractivity contribution < 1.29 is 18.8 Å². The number of benzene rings is 1. The van der Waals surface area contributed by atoms with Gasteiger partial charge in [-0.25, -0.2) is 13.8 Å². The van der Waals surface area contributed by atoms with Crippen LogP contribution in [0, 0.1) is 11.6 Å². The van der Waals surface area contributed by atoms with E-state index in [1.54, 1.807) is 12.3 Å². The van der Waals surface area contributed by atoms with Gasteiger partial charge in [0.25, 0.3) is 5.91 Å². The monoisotopic (exact) mass is 297 g/mol. The predicted octanol–water partition coefficient (Wildman–Crippen LogP) is 2.87. The number of halogens is 2. The summed E-state index contributed by atoms with van der Waals surface area (Å²) in [5, 5.41) is 15.8. The van der Waals surface area contributed by atoms with Crippen LogP contribution < -0.4 is 5.32 Å². The third kappa shape index (κ3) is 3.15. The van der Waals surface area contributed by atoms with E-state index in [2.05, 4.69) is 15.5 Å². The fraction of sp³-hybridized carbons (Fsp3) is 0.0833. The van der Waals surface area contributed by atoms with E-state index in [0.29, 0.717) is 17.5 Å². The number of carbonyl (C=O) groups excluding carboxylic acids is 1. The lowest BCUT2D eigenvalue weighted by atomic mass is 10.2. The van der Waals surface area contributed by atoms with E-state index < -0.39 is 17.5 Å². The largest absolute Gasteiger partial charge is 0.411 e. The zero-order chi connectivity index (χ0) is 14.7. The van der Waals surface area contributed by atoms with Crippen molar-refractivity contribution >= 4 is 28.1 Å². The van der Waals surface area contributed by atoms with Gasteiger partial charge in [0, 0.05) is 17.0 Å². The van der Waals surface area contributed by atoms with Crippen LogP contribution in [-0.4, -0.2) is 21.8 Å². The molecule has 20 heavy (non-hydrogen) atoms. The molecule has 0 bridgehead atoms. The fourth-order valence-electron chi connectivity index (χ4n) is 1.40. The zero-order valence-corrected chi connectivity index (χ0v) is 11.0. The maximum atomic E-state index is 13.0. The molecule has 0 saturated carbocycles. The van der Waals surface area contributed by atoms with Crippen molar-refractivity contribution in [2.24, 2.45) is 5.16 Å². The molecule has 1 heterocycles. The minimum atomic E-state index is -0.835. The average Bonchev–Trinajstić information content (AvgIpc) is 2.85. The van der Waals surface area contributed by atoms with Crippen molar-refractivity contribution in [2.45, 2.75) is 6.92 Å². The Morgan fingerprint density at radius 2 is 2.00 bits per heavy atom. The maximum Gasteiger partial charge on any atom is 0.257 e. The lowest BCUT2D eigenvalue weighted by Crippen LogP contribution is -2.12. The van der Waals surface area contributed by atoms with Crippen LogP contribution in [0.15, 0.2) is 28.7 Å². The fourth-order valence-corrected chi connectivity index (χ4v) is 2.15. The number of oxime groups is 1. The Kier molecular flexibility index (Phi) is 4.04. The van der Waals surface area contributed by atoms with Crippen LogP contribution in [0.5, 0.6) is 0 Å². The molecule has 1 aromatic carbocycles. The summed E-state index contributed by atoms with van der Waals surface area (Å²) in [6.07, 6.45) is 0. The lowest BCUT2D eigenvalue weighted by Gasteiger charge is -2.02. The van der Waals surface area contributed by atoms with Gasteiger partial charge in [-0.1, -0.05) is 5.16 Å². The molecule has 2 rings (SSSR count). The van der Waals surface area contributed by atoms with Crippen molar-refractivity contribution in [3.8, 4) is 0 Å². The average molecular weight is 297 g/mol. The summed E-state index contributed by atoms with van der Waals surface area (Å²) >= 11 is 1.10. The van der Waals surface area contributed by atoms with E-state index in [4.69, 9.17) is 5.21 Å². The molecule has 0 aliphatic heterocycles. The highest BCUT2D eigenvalue weighted by atomic mass is 32.1. The summed E-state index contributed by atoms with van der Waals surface area (Å²) in [5.74, 6) is -2.35. The summed E-state index contributed by atoms with van der Waals surface area (Å²) in [7, 11) is 0. The first-order chi connectivity index (χ1) is 9.49. The van der Waals surface area contributed by atoms with Gasteiger partial charge in [0.15, 0.2) is 5.13 Å². The van der Waals surface area contributed by atoms with Crippen LogP contribution in [0.25, 0.3) is 0 Å². The van der Waals surface area contributed by atoms with E-state index in [1.165, 1.54) is 0 Å². The van der Waals surface area contributed by atoms with E-state index in [-0.39, 0.29) is 10.7 Å². The molecule has 0 fully saturated rings. The van der Waals surface area contributed by atoms with Crippen molar-refractivity contribution in [1.29, 1.82) is 0 Å². The van der Waals surface area contributed by atoms with Gasteiger partial charge in [-0.3, -0.25) is 10.1 Å². The number of aromatic nitrogens is 1. The molecule has 5 nitrogen and oxygen atoms in total. The molecule has 0 unspecified atom stereocenters. The van der Waals surface area contributed by atoms with Crippen molar-refractivity contribution in [3.63, 3.8) is 0 Å². The van der Waals surface area contributed by atoms with Crippen molar-refractivity contribution in [3.05, 3.63) is 46.5 Å². The summed E-state index contributed by atoms with van der Waals surface area (Å²) in [6.45, 7) is 1.54. The van der Waals surface area contributed by atoms with Crippen LogP contribution in [-0.2, 0) is 0 Å². The minimum Gasteiger partial charge on any atom is -0.411 e. The number of thiazole rings is 1. The highest BCUT2D eigenvalue weighted by Gasteiger charge is 2.12. The van der Waals surface area contributed by atoms with Gasteiger partial charge >= 0.3 is 0 Å². The summed E-state index contributed by atoms with van der Waals surface area (Å²) in [4.78, 5) is 15.8. The third-order valence-corrected chi connectivity index (χ3v) is 3.13. The molecule has 1 aromatic heterocycles. The number of anilines is 1. The van der Waals surface area contributed by atoms with Gasteiger partial charge in [0.2, 0.25) is 0 Å². The maximum absolute atomic E-state index is 13.0. The third-order valence-electron chi connectivity index (χ3n) is 2.37. The molecule has 2 N–H and O–H groups in total. The van der Waals surface area contributed by atoms with E-state index >= 15 is 0 Å². The second kappa shape index (κ2) is 5.74. The van der Waals surface area contributed by atoms with Crippen molar-refractivity contribution in [2.75, 3.05) is 5.32 Å². The van der Waals surface area contributed by atoms with Crippen LogP contribution in [0.2, 0.25) is 0 Å². The zero-order valence-electron chi connectivity index (χ0n) is 10.2. The first-order valence-electron chi connectivity index (χ1n) is 5.41. The number of amides is 1. The number of nitrogens with one attached hydrogen (secondary N) is 1. The molecule has 104 valence electrons. The molecule has 1 amide bonds. The van der Waals surface area contributed by atoms with E-state index in [1.807, 2.05) is 0 Å². The summed E-state index contributed by atoms with van der Waals surface area (Å²) in [5.41, 5.74) is 0.545. The predicted molar refractivity (Wildman–Crippen MR) is 70.4 cm³/mol. The topological polar surface area (TPSA) is 74.6 Å². The second-order valence-corrected chi connectivity index (χ2v) is 4.69. The Labute approximate surface area is 116 Å². The minimum absolute atomic E-state index is 0.146. The quantitative estimate of drug-likeness (QED) is 0.519. The Hall–Kier alpha value is -2.35. The first-order valence-corrected chi connectivity index (χ1v) is 6.29. The van der Waals surface area contributed by atoms with E-state index in [0.717, 1.165) is 23.5 Å². The smallest absolute Gasteiger partial charge is 0.257 e. The second-order valence-electron chi connectivity index (χ2n) is 3.84. The summed E-state index contributed by atoms with van der Waals surface area (Å²) < 4.78 is 26.0. The number of carbonyl (C=O) groups is 1. The molecule has 0 saturated heterocycles. The van der Waals surface area contributed by atoms with Crippen molar-refractivity contribution in [1.82, 2.24) is 4.98 Å². The Bertz CT molecular complexity index is 665. The Morgan fingerprint density at radius 1 is 1.35 bits per heavy atom. The molecule has 0 aliphatic carbocycles. The van der Waals surface area contributed by atoms with Gasteiger partial charge in [0.05, 0.1) is 0 Å². The number of nitrogens with zero attached hydrogens (tertiary/aromatic N) is 2. The Morgan fingerprint density at radius 3 is 2.60 bits per heavy atom. The molecule has 0 radical (unpaired) electrons. The van der Waals surface area contributed by atoms with Gasteiger partial charge in [0.1, 0.15) is 23.0 Å². The van der Waals surface area contributed by atoms with Gasteiger partial charge in [-0.05, 0) is 19.1 Å². The normalized spacial score (nSPS) is 11.4. The molecule has 0 aliphatic rings. The standard InChI is InChI=1S/C12H9F2N3O2S/c1-6(17-19)10-5-20-12(15-10)16-11(18)7-2-8(13)4-9(14)3-7/h2-5,19H,1H3,(H,15,16,18). The highest BCUT2D eigenvalue weighted by molar-refractivity contribution is 7.14. The first kappa shape index (κ1) is 14.1.